The third kappa shape index (κ3) is 8.02. The van der Waals surface area contributed by atoms with E-state index in [1.165, 1.54) is 39.1 Å². The number of imidazole rings is 1. The summed E-state index contributed by atoms with van der Waals surface area (Å²) in [4.78, 5) is 37.6. The molecule has 2 aromatic heterocycles. The van der Waals surface area contributed by atoms with Crippen LogP contribution in [0.15, 0.2) is 6.33 Å². The average Bonchev–Trinajstić information content (AvgIpc) is 3.46. The molecule has 17 nitrogen and oxygen atoms in total. The van der Waals surface area contributed by atoms with E-state index >= 15 is 0 Å². The molecule has 1 aliphatic rings. The van der Waals surface area contributed by atoms with Crippen molar-refractivity contribution in [3.8, 4) is 5.88 Å². The zero-order valence-electron chi connectivity index (χ0n) is 26.2. The first-order valence-electron chi connectivity index (χ1n) is 14.1. The fourth-order valence-electron chi connectivity index (χ4n) is 4.93. The van der Waals surface area contributed by atoms with E-state index in [-0.39, 0.29) is 47.7 Å². The quantitative estimate of drug-likeness (QED) is 0.134. The minimum absolute atomic E-state index is 0.00978. The monoisotopic (exact) mass is 645 g/mol. The number of aliphatic hydroxyl groups excluding tert-OH is 1. The summed E-state index contributed by atoms with van der Waals surface area (Å²) >= 11 is 0. The van der Waals surface area contributed by atoms with Gasteiger partial charge in [-0.1, -0.05) is 27.7 Å². The highest BCUT2D eigenvalue weighted by Gasteiger charge is 2.54. The van der Waals surface area contributed by atoms with E-state index < -0.39 is 62.3 Å². The molecule has 0 amide bonds. The van der Waals surface area contributed by atoms with E-state index in [2.05, 4.69) is 25.1 Å². The molecule has 1 saturated heterocycles. The molecule has 248 valence electrons. The molecule has 3 rings (SSSR count). The third-order valence-corrected chi connectivity index (χ3v) is 8.88. The maximum atomic E-state index is 14.3. The number of hydrogen-bond acceptors (Lipinski definition) is 14. The van der Waals surface area contributed by atoms with Crippen LogP contribution in [0.4, 0.5) is 5.95 Å². The summed E-state index contributed by atoms with van der Waals surface area (Å²) < 4.78 is 42.6. The van der Waals surface area contributed by atoms with Crippen LogP contribution in [0, 0.1) is 11.8 Å². The maximum absolute atomic E-state index is 14.3. The first-order valence-corrected chi connectivity index (χ1v) is 15.7. The van der Waals surface area contributed by atoms with Gasteiger partial charge in [-0.2, -0.15) is 9.97 Å². The number of nitrogens with one attached hydrogen (secondary N) is 2. The number of nitrogens with zero attached hydrogens (tertiary/aromatic N) is 4. The van der Waals surface area contributed by atoms with Crippen LogP contribution in [-0.4, -0.2) is 99.5 Å². The molecule has 18 heteroatoms. The molecule has 5 unspecified atom stereocenters. The SMILES string of the molecule is COC(=O)C(CC(C)C)NP(=O)(NC(CC(C)C)C(=O)OC)OC[C@H]1OC(n2cnc3c(OC)nc(N)nc32)C(C)(O)C1O. The second-order valence-corrected chi connectivity index (χ2v) is 13.5. The van der Waals surface area contributed by atoms with Gasteiger partial charge in [0.2, 0.25) is 11.8 Å². The van der Waals surface area contributed by atoms with Crippen molar-refractivity contribution in [1.29, 1.82) is 0 Å². The molecule has 0 aromatic carbocycles. The van der Waals surface area contributed by atoms with Crippen molar-refractivity contribution in [2.45, 2.75) is 83.6 Å². The molecule has 44 heavy (non-hydrogen) atoms. The number of methoxy groups -OCH3 is 3. The van der Waals surface area contributed by atoms with Crippen molar-refractivity contribution in [3.63, 3.8) is 0 Å². The van der Waals surface area contributed by atoms with Gasteiger partial charge in [0.1, 0.15) is 29.9 Å². The molecule has 6 atom stereocenters. The van der Waals surface area contributed by atoms with Gasteiger partial charge in [-0.05, 0) is 31.6 Å². The van der Waals surface area contributed by atoms with Crippen LogP contribution in [0.1, 0.15) is 53.7 Å². The van der Waals surface area contributed by atoms with Gasteiger partial charge in [-0.25, -0.2) is 15.2 Å². The van der Waals surface area contributed by atoms with Crippen LogP contribution in [-0.2, 0) is 32.9 Å². The topological polar surface area (TPSA) is 232 Å². The Labute approximate surface area is 255 Å². The van der Waals surface area contributed by atoms with Gasteiger partial charge in [0.25, 0.3) is 0 Å². The maximum Gasteiger partial charge on any atom is 0.342 e. The van der Waals surface area contributed by atoms with Crippen LogP contribution in [0.3, 0.4) is 0 Å². The van der Waals surface area contributed by atoms with E-state index in [0.717, 1.165) is 0 Å². The summed E-state index contributed by atoms with van der Waals surface area (Å²) in [7, 11) is -0.496. The lowest BCUT2D eigenvalue weighted by Crippen LogP contribution is -2.46. The molecular weight excluding hydrogens is 601 g/mol. The van der Waals surface area contributed by atoms with Crippen LogP contribution < -0.4 is 20.6 Å². The Morgan fingerprint density at radius 3 is 2.11 bits per heavy atom. The summed E-state index contributed by atoms with van der Waals surface area (Å²) in [6.45, 7) is 8.27. The fourth-order valence-corrected chi connectivity index (χ4v) is 6.75. The number of aliphatic hydroxyl groups is 2. The fraction of sp³-hybridized carbons (Fsp3) is 0.731. The van der Waals surface area contributed by atoms with E-state index in [4.69, 9.17) is 29.2 Å². The Morgan fingerprint density at radius 1 is 1.09 bits per heavy atom. The van der Waals surface area contributed by atoms with Crippen molar-refractivity contribution in [2.24, 2.45) is 11.8 Å². The highest BCUT2D eigenvalue weighted by Crippen LogP contribution is 2.45. The number of anilines is 1. The van der Waals surface area contributed by atoms with Crippen LogP contribution in [0.2, 0.25) is 0 Å². The molecule has 2 aromatic rings. The van der Waals surface area contributed by atoms with Gasteiger partial charge in [0.15, 0.2) is 17.4 Å². The molecule has 3 heterocycles. The molecular formula is C26H44N7O10P. The summed E-state index contributed by atoms with van der Waals surface area (Å²) in [5.41, 5.74) is 4.32. The van der Waals surface area contributed by atoms with Gasteiger partial charge < -0.3 is 39.4 Å². The lowest BCUT2D eigenvalue weighted by atomic mass is 9.96. The standard InChI is InChI=1S/C26H44N7O10P/c1-13(2)9-15(22(35)40-7)31-44(38,32-16(10-14(3)4)23(36)41-8)42-11-17-19(34)26(5,37)24(43-17)33-12-28-18-20(33)29-25(27)30-21(18)39-6/h12-17,19,24,34,37H,9-11H2,1-8H3,(H2,27,29,30)(H2,31,32,38)/t15?,16?,17-,19?,24?,26?,44?/m1/s1. The first kappa shape index (κ1) is 35.6. The van der Waals surface area contributed by atoms with E-state index in [1.54, 1.807) is 0 Å². The molecule has 6 N–H and O–H groups in total. The van der Waals surface area contributed by atoms with Crippen molar-refractivity contribution >= 4 is 36.7 Å². The second kappa shape index (κ2) is 14.5. The number of carbonyl (C=O) groups excluding carboxylic acids is 2. The number of ether oxygens (including phenoxy) is 4. The first-order chi connectivity index (χ1) is 20.6. The Morgan fingerprint density at radius 2 is 1.64 bits per heavy atom. The lowest BCUT2D eigenvalue weighted by molar-refractivity contribution is -0.143. The molecule has 0 radical (unpaired) electrons. The van der Waals surface area contributed by atoms with Crippen LogP contribution in [0.25, 0.3) is 11.2 Å². The predicted molar refractivity (Wildman–Crippen MR) is 157 cm³/mol. The van der Waals surface area contributed by atoms with Gasteiger partial charge in [-0.15, -0.1) is 0 Å². The van der Waals surface area contributed by atoms with Gasteiger partial charge in [0.05, 0.1) is 34.3 Å². The summed E-state index contributed by atoms with van der Waals surface area (Å²) in [5.74, 6) is -1.41. The molecule has 0 spiro atoms. The summed E-state index contributed by atoms with van der Waals surface area (Å²) in [6.07, 6.45) is -2.26. The Balaban J connectivity index is 1.93. The number of fused-ring (bicyclic) bond motifs is 1. The van der Waals surface area contributed by atoms with Crippen molar-refractivity contribution in [2.75, 3.05) is 33.7 Å². The zero-order valence-corrected chi connectivity index (χ0v) is 27.1. The minimum Gasteiger partial charge on any atom is -0.479 e. The van der Waals surface area contributed by atoms with E-state index in [0.29, 0.717) is 0 Å². The highest BCUT2D eigenvalue weighted by molar-refractivity contribution is 7.54. The Hall–Kier alpha value is -2.92. The number of aromatic nitrogens is 4. The smallest absolute Gasteiger partial charge is 0.342 e. The van der Waals surface area contributed by atoms with Crippen LogP contribution in [0.5, 0.6) is 5.88 Å². The van der Waals surface area contributed by atoms with Gasteiger partial charge in [-0.3, -0.25) is 18.7 Å². The normalized spacial score (nSPS) is 24.8. The molecule has 1 fully saturated rings. The number of nitrogen functional groups attached to an aromatic ring is 1. The number of rotatable bonds is 15. The Kier molecular flexibility index (Phi) is 11.7. The molecule has 1 aliphatic heterocycles. The molecule has 0 saturated carbocycles. The van der Waals surface area contributed by atoms with Gasteiger partial charge >= 0.3 is 19.6 Å². The number of hydrogen-bond donors (Lipinski definition) is 5. The van der Waals surface area contributed by atoms with E-state index in [1.807, 2.05) is 27.7 Å². The minimum atomic E-state index is -4.28. The summed E-state index contributed by atoms with van der Waals surface area (Å²) in [6, 6.07) is -2.14. The molecule has 0 bridgehead atoms. The number of carbonyl (C=O) groups is 2. The second-order valence-electron chi connectivity index (χ2n) is 11.6. The van der Waals surface area contributed by atoms with Gasteiger partial charge in [0, 0.05) is 0 Å². The average molecular weight is 646 g/mol. The van der Waals surface area contributed by atoms with Crippen molar-refractivity contribution in [3.05, 3.63) is 6.33 Å². The van der Waals surface area contributed by atoms with Crippen molar-refractivity contribution < 1.29 is 47.8 Å². The summed E-state index contributed by atoms with van der Waals surface area (Å²) in [5, 5.41) is 27.9. The lowest BCUT2D eigenvalue weighted by Gasteiger charge is -2.30. The number of nitrogens with two attached hydrogens (primary N) is 1. The predicted octanol–water partition coefficient (Wildman–Crippen LogP) is 0.906. The third-order valence-electron chi connectivity index (χ3n) is 7.07. The highest BCUT2D eigenvalue weighted by atomic mass is 31.2. The van der Waals surface area contributed by atoms with Crippen LogP contribution >= 0.6 is 7.67 Å². The Bertz CT molecular complexity index is 1320. The molecule has 0 aliphatic carbocycles. The zero-order chi connectivity index (χ0) is 33.0. The van der Waals surface area contributed by atoms with Crippen molar-refractivity contribution in [1.82, 2.24) is 29.7 Å². The number of esters is 2. The largest absolute Gasteiger partial charge is 0.479 e. The van der Waals surface area contributed by atoms with E-state index in [9.17, 15) is 24.4 Å².